The zero-order chi connectivity index (χ0) is 17.1. The normalized spacial score (nSPS) is 21.6. The molecule has 1 aliphatic heterocycles. The molecule has 2 heterocycles. The Morgan fingerprint density at radius 3 is 2.79 bits per heavy atom. The summed E-state index contributed by atoms with van der Waals surface area (Å²) in [5.41, 5.74) is 1.71. The number of likely N-dealkylation sites (N-methyl/N-ethyl adjacent to an activating group) is 2. The molecular formula is C18H31N5O. The van der Waals surface area contributed by atoms with Crippen molar-refractivity contribution in [2.24, 2.45) is 0 Å². The van der Waals surface area contributed by atoms with Crippen LogP contribution in [0.25, 0.3) is 0 Å². The fraction of sp³-hybridized carbons (Fsp3) is 0.778. The van der Waals surface area contributed by atoms with Crippen molar-refractivity contribution in [3.05, 3.63) is 17.5 Å². The minimum atomic E-state index is 0.0722. The summed E-state index contributed by atoms with van der Waals surface area (Å²) in [4.78, 5) is 19.6. The molecule has 6 nitrogen and oxygen atoms in total. The van der Waals surface area contributed by atoms with E-state index in [2.05, 4.69) is 41.0 Å². The van der Waals surface area contributed by atoms with Crippen LogP contribution in [0.1, 0.15) is 54.7 Å². The van der Waals surface area contributed by atoms with Gasteiger partial charge in [0.15, 0.2) is 0 Å². The van der Waals surface area contributed by atoms with Crippen molar-refractivity contribution in [3.63, 3.8) is 0 Å². The Morgan fingerprint density at radius 2 is 2.12 bits per heavy atom. The van der Waals surface area contributed by atoms with Crippen molar-refractivity contribution in [3.8, 4) is 0 Å². The Balaban J connectivity index is 1.68. The van der Waals surface area contributed by atoms with Gasteiger partial charge in [0.2, 0.25) is 0 Å². The van der Waals surface area contributed by atoms with Crippen LogP contribution < -0.4 is 0 Å². The van der Waals surface area contributed by atoms with Gasteiger partial charge in [-0.3, -0.25) is 14.8 Å². The van der Waals surface area contributed by atoms with E-state index < -0.39 is 0 Å². The minimum absolute atomic E-state index is 0.0722. The predicted molar refractivity (Wildman–Crippen MR) is 95.3 cm³/mol. The molecule has 1 aliphatic carbocycles. The van der Waals surface area contributed by atoms with Crippen LogP contribution in [0.4, 0.5) is 0 Å². The van der Waals surface area contributed by atoms with Gasteiger partial charge in [-0.15, -0.1) is 0 Å². The molecule has 0 aromatic carbocycles. The van der Waals surface area contributed by atoms with Crippen LogP contribution in [0.5, 0.6) is 0 Å². The average Bonchev–Trinajstić information content (AvgIpc) is 3.12. The molecule has 0 spiro atoms. The number of carbonyl (C=O) groups excluding carboxylic acids is 1. The van der Waals surface area contributed by atoms with Crippen LogP contribution in [0, 0.1) is 0 Å². The lowest BCUT2D eigenvalue weighted by molar-refractivity contribution is 0.0688. The van der Waals surface area contributed by atoms with Crippen molar-refractivity contribution in [1.82, 2.24) is 24.9 Å². The van der Waals surface area contributed by atoms with Gasteiger partial charge in [-0.2, -0.15) is 5.10 Å². The van der Waals surface area contributed by atoms with Crippen molar-refractivity contribution in [2.45, 2.75) is 44.6 Å². The summed E-state index contributed by atoms with van der Waals surface area (Å²) in [6, 6.07) is 2.46. The quantitative estimate of drug-likeness (QED) is 0.788. The van der Waals surface area contributed by atoms with Crippen LogP contribution in [0.3, 0.4) is 0 Å². The number of aromatic amines is 1. The van der Waals surface area contributed by atoms with E-state index in [0.717, 1.165) is 38.4 Å². The molecule has 1 unspecified atom stereocenters. The number of rotatable bonds is 8. The first-order valence-corrected chi connectivity index (χ1v) is 9.31. The fourth-order valence-electron chi connectivity index (χ4n) is 3.58. The highest BCUT2D eigenvalue weighted by molar-refractivity contribution is 5.92. The van der Waals surface area contributed by atoms with Gasteiger partial charge in [-0.1, -0.05) is 6.92 Å². The van der Waals surface area contributed by atoms with Crippen LogP contribution in [0.15, 0.2) is 6.07 Å². The zero-order valence-corrected chi connectivity index (χ0v) is 15.3. The molecular weight excluding hydrogens is 302 g/mol. The van der Waals surface area contributed by atoms with E-state index in [4.69, 9.17) is 0 Å². The van der Waals surface area contributed by atoms with Gasteiger partial charge in [0.1, 0.15) is 5.69 Å². The first-order chi connectivity index (χ1) is 11.6. The van der Waals surface area contributed by atoms with E-state index in [9.17, 15) is 4.79 Å². The van der Waals surface area contributed by atoms with E-state index in [1.54, 1.807) is 0 Å². The summed E-state index contributed by atoms with van der Waals surface area (Å²) in [6.07, 6.45) is 4.86. The Morgan fingerprint density at radius 1 is 1.33 bits per heavy atom. The molecule has 1 saturated heterocycles. The minimum Gasteiger partial charge on any atom is -0.334 e. The van der Waals surface area contributed by atoms with E-state index in [0.29, 0.717) is 17.7 Å². The van der Waals surface area contributed by atoms with E-state index in [-0.39, 0.29) is 5.91 Å². The van der Waals surface area contributed by atoms with Crippen LogP contribution in [-0.4, -0.2) is 83.7 Å². The largest absolute Gasteiger partial charge is 0.334 e. The maximum absolute atomic E-state index is 13.0. The molecule has 1 aromatic rings. The molecule has 1 atom stereocenters. The second-order valence-corrected chi connectivity index (χ2v) is 7.46. The molecule has 6 heteroatoms. The number of hydrogen-bond donors (Lipinski definition) is 1. The Labute approximate surface area is 145 Å². The number of amides is 1. The number of carbonyl (C=O) groups is 1. The van der Waals surface area contributed by atoms with Gasteiger partial charge >= 0.3 is 0 Å². The topological polar surface area (TPSA) is 55.5 Å². The molecule has 1 aromatic heterocycles. The molecule has 0 radical (unpaired) electrons. The number of likely N-dealkylation sites (tertiary alicyclic amines) is 1. The lowest BCUT2D eigenvalue weighted by Crippen LogP contribution is -2.45. The summed E-state index contributed by atoms with van der Waals surface area (Å²) >= 11 is 0. The highest BCUT2D eigenvalue weighted by atomic mass is 16.2. The third-order valence-corrected chi connectivity index (χ3v) is 5.27. The van der Waals surface area contributed by atoms with Crippen molar-refractivity contribution >= 4 is 5.91 Å². The van der Waals surface area contributed by atoms with Gasteiger partial charge in [0.05, 0.1) is 0 Å². The summed E-state index contributed by atoms with van der Waals surface area (Å²) in [5, 5.41) is 7.36. The molecule has 1 saturated carbocycles. The van der Waals surface area contributed by atoms with Crippen molar-refractivity contribution in [1.29, 1.82) is 0 Å². The maximum Gasteiger partial charge on any atom is 0.274 e. The highest BCUT2D eigenvalue weighted by Crippen LogP contribution is 2.39. The summed E-state index contributed by atoms with van der Waals surface area (Å²) in [7, 11) is 4.10. The van der Waals surface area contributed by atoms with Crippen LogP contribution in [-0.2, 0) is 0 Å². The average molecular weight is 333 g/mol. The standard InChI is InChI=1S/C18H31N5O/c1-4-22-9-5-6-15(22)13-23(11-10-21(2)3)18(24)17-12-16(19-20-17)14-7-8-14/h12,14-15H,4-11,13H2,1-3H3,(H,19,20). The molecule has 2 aliphatic rings. The first-order valence-electron chi connectivity index (χ1n) is 9.31. The second kappa shape index (κ2) is 7.66. The third kappa shape index (κ3) is 4.16. The summed E-state index contributed by atoms with van der Waals surface area (Å²) in [5.74, 6) is 0.669. The lowest BCUT2D eigenvalue weighted by Gasteiger charge is -2.30. The van der Waals surface area contributed by atoms with Gasteiger partial charge < -0.3 is 9.80 Å². The fourth-order valence-corrected chi connectivity index (χ4v) is 3.58. The molecule has 1 amide bonds. The number of nitrogens with one attached hydrogen (secondary N) is 1. The van der Waals surface area contributed by atoms with Gasteiger partial charge in [-0.25, -0.2) is 0 Å². The second-order valence-electron chi connectivity index (χ2n) is 7.46. The molecule has 24 heavy (non-hydrogen) atoms. The van der Waals surface area contributed by atoms with Crippen molar-refractivity contribution < 1.29 is 4.79 Å². The zero-order valence-electron chi connectivity index (χ0n) is 15.3. The van der Waals surface area contributed by atoms with Gasteiger partial charge in [-0.05, 0) is 58.9 Å². The number of H-pyrrole nitrogens is 1. The predicted octanol–water partition coefficient (Wildman–Crippen LogP) is 1.78. The third-order valence-electron chi connectivity index (χ3n) is 5.27. The molecule has 1 N–H and O–H groups in total. The molecule has 2 fully saturated rings. The summed E-state index contributed by atoms with van der Waals surface area (Å²) < 4.78 is 0. The number of hydrogen-bond acceptors (Lipinski definition) is 4. The van der Waals surface area contributed by atoms with Crippen molar-refractivity contribution in [2.75, 3.05) is 46.8 Å². The van der Waals surface area contributed by atoms with E-state index in [1.807, 2.05) is 11.0 Å². The number of aromatic nitrogens is 2. The smallest absolute Gasteiger partial charge is 0.274 e. The summed E-state index contributed by atoms with van der Waals surface area (Å²) in [6.45, 7) is 6.88. The SMILES string of the molecule is CCN1CCCC1CN(CCN(C)C)C(=O)c1cc(C2CC2)[nH]n1. The van der Waals surface area contributed by atoms with Gasteiger partial charge in [0, 0.05) is 37.3 Å². The number of nitrogens with zero attached hydrogens (tertiary/aromatic N) is 4. The van der Waals surface area contributed by atoms with Crippen LogP contribution in [0.2, 0.25) is 0 Å². The molecule has 3 rings (SSSR count). The van der Waals surface area contributed by atoms with E-state index in [1.165, 1.54) is 25.7 Å². The van der Waals surface area contributed by atoms with Gasteiger partial charge in [0.25, 0.3) is 5.91 Å². The maximum atomic E-state index is 13.0. The molecule has 0 bridgehead atoms. The Bertz CT molecular complexity index is 551. The van der Waals surface area contributed by atoms with E-state index >= 15 is 0 Å². The monoisotopic (exact) mass is 333 g/mol. The first kappa shape index (κ1) is 17.4. The Kier molecular flexibility index (Phi) is 5.56. The lowest BCUT2D eigenvalue weighted by atomic mass is 10.2. The molecule has 134 valence electrons. The van der Waals surface area contributed by atoms with Crippen LogP contribution >= 0.6 is 0 Å². The Hall–Kier alpha value is -1.40. The highest BCUT2D eigenvalue weighted by Gasteiger charge is 2.30.